The van der Waals surface area contributed by atoms with Gasteiger partial charge in [-0.25, -0.2) is 4.98 Å². The first-order valence-corrected chi connectivity index (χ1v) is 5.58. The van der Waals surface area contributed by atoms with Crippen molar-refractivity contribution < 1.29 is 9.47 Å². The summed E-state index contributed by atoms with van der Waals surface area (Å²) in [5.74, 6) is 1.69. The minimum absolute atomic E-state index is 0.205. The van der Waals surface area contributed by atoms with E-state index in [0.29, 0.717) is 11.6 Å². The normalized spacial score (nSPS) is 10.0. The van der Waals surface area contributed by atoms with Crippen LogP contribution in [0.1, 0.15) is 0 Å². The Morgan fingerprint density at radius 1 is 1.29 bits per heavy atom. The molecule has 1 heterocycles. The van der Waals surface area contributed by atoms with E-state index < -0.39 is 0 Å². The summed E-state index contributed by atoms with van der Waals surface area (Å²) in [4.78, 5) is 7.90. The lowest BCUT2D eigenvalue weighted by atomic mass is 10.3. The predicted molar refractivity (Wildman–Crippen MR) is 67.2 cm³/mol. The Kier molecular flexibility index (Phi) is 3.43. The molecule has 1 aromatic carbocycles. The largest absolute Gasteiger partial charge is 0.497 e. The molecule has 6 heteroatoms. The number of hydrogen-bond acceptors (Lipinski definition) is 5. The van der Waals surface area contributed by atoms with Crippen molar-refractivity contribution in [1.82, 2.24) is 9.97 Å². The molecule has 0 aliphatic carbocycles. The zero-order valence-electron chi connectivity index (χ0n) is 9.05. The summed E-state index contributed by atoms with van der Waals surface area (Å²) in [7, 11) is 1.60. The van der Waals surface area contributed by atoms with Gasteiger partial charge in [-0.3, -0.25) is 0 Å². The average molecular weight is 296 g/mol. The van der Waals surface area contributed by atoms with Crippen molar-refractivity contribution in [3.63, 3.8) is 0 Å². The minimum atomic E-state index is 0.205. The second-order valence-electron chi connectivity index (χ2n) is 3.16. The van der Waals surface area contributed by atoms with Crippen LogP contribution in [0.4, 0.5) is 5.82 Å². The molecule has 0 spiro atoms. The Balaban J connectivity index is 2.24. The van der Waals surface area contributed by atoms with Gasteiger partial charge in [-0.2, -0.15) is 4.98 Å². The Labute approximate surface area is 107 Å². The van der Waals surface area contributed by atoms with E-state index in [1.807, 2.05) is 0 Å². The summed E-state index contributed by atoms with van der Waals surface area (Å²) in [5.41, 5.74) is 5.53. The molecule has 0 atom stereocenters. The van der Waals surface area contributed by atoms with Crippen molar-refractivity contribution in [2.24, 2.45) is 0 Å². The molecule has 17 heavy (non-hydrogen) atoms. The van der Waals surface area contributed by atoms with Crippen LogP contribution in [0.25, 0.3) is 0 Å². The van der Waals surface area contributed by atoms with Gasteiger partial charge in [-0.05, 0) is 40.2 Å². The highest BCUT2D eigenvalue weighted by Crippen LogP contribution is 2.31. The first kappa shape index (κ1) is 11.7. The van der Waals surface area contributed by atoms with Crippen molar-refractivity contribution in [1.29, 1.82) is 0 Å². The Hall–Kier alpha value is -1.82. The number of ether oxygens (including phenoxy) is 2. The molecule has 0 radical (unpaired) electrons. The summed E-state index contributed by atoms with van der Waals surface area (Å²) in [6.07, 6.45) is 1.54. The van der Waals surface area contributed by atoms with Gasteiger partial charge in [0.2, 0.25) is 0 Å². The van der Waals surface area contributed by atoms with Gasteiger partial charge in [0.25, 0.3) is 0 Å². The van der Waals surface area contributed by atoms with E-state index in [4.69, 9.17) is 15.2 Å². The quantitative estimate of drug-likeness (QED) is 0.942. The molecule has 0 unspecified atom stereocenters. The Bertz CT molecular complexity index is 534. The third kappa shape index (κ3) is 2.85. The zero-order valence-corrected chi connectivity index (χ0v) is 10.6. The Morgan fingerprint density at radius 2 is 2.12 bits per heavy atom. The van der Waals surface area contributed by atoms with Crippen LogP contribution in [0, 0.1) is 0 Å². The second kappa shape index (κ2) is 5.01. The molecule has 0 bridgehead atoms. The van der Waals surface area contributed by atoms with Crippen LogP contribution in [0.3, 0.4) is 0 Å². The van der Waals surface area contributed by atoms with E-state index >= 15 is 0 Å². The molecule has 0 amide bonds. The molecule has 0 aliphatic rings. The lowest BCUT2D eigenvalue weighted by Gasteiger charge is -2.07. The summed E-state index contributed by atoms with van der Waals surface area (Å²) >= 11 is 3.37. The molecule has 1 aromatic heterocycles. The van der Waals surface area contributed by atoms with Gasteiger partial charge in [0.05, 0.1) is 11.6 Å². The van der Waals surface area contributed by atoms with Gasteiger partial charge >= 0.3 is 6.01 Å². The number of hydrogen-bond donors (Lipinski definition) is 1. The first-order valence-electron chi connectivity index (χ1n) is 4.79. The number of halogens is 1. The van der Waals surface area contributed by atoms with Crippen LogP contribution in [0.5, 0.6) is 17.5 Å². The van der Waals surface area contributed by atoms with Crippen LogP contribution in [-0.2, 0) is 0 Å². The fourth-order valence-electron chi connectivity index (χ4n) is 1.19. The van der Waals surface area contributed by atoms with Crippen LogP contribution >= 0.6 is 15.9 Å². The van der Waals surface area contributed by atoms with Gasteiger partial charge in [0, 0.05) is 6.20 Å². The van der Waals surface area contributed by atoms with Crippen LogP contribution < -0.4 is 15.2 Å². The molecular weight excluding hydrogens is 286 g/mol. The zero-order chi connectivity index (χ0) is 12.3. The third-order valence-electron chi connectivity index (χ3n) is 2.00. The number of benzene rings is 1. The van der Waals surface area contributed by atoms with Crippen LogP contribution in [-0.4, -0.2) is 17.1 Å². The molecule has 2 rings (SSSR count). The van der Waals surface area contributed by atoms with Crippen molar-refractivity contribution in [2.45, 2.75) is 0 Å². The SMILES string of the molecule is COc1ccc(Oc2nccc(N)n2)c(Br)c1. The summed E-state index contributed by atoms with van der Waals surface area (Å²) < 4.78 is 11.3. The molecule has 88 valence electrons. The average Bonchev–Trinajstić information content (AvgIpc) is 2.32. The summed E-state index contributed by atoms with van der Waals surface area (Å²) in [5, 5.41) is 0. The molecule has 2 aromatic rings. The molecule has 2 N–H and O–H groups in total. The summed E-state index contributed by atoms with van der Waals surface area (Å²) in [6.45, 7) is 0. The Morgan fingerprint density at radius 3 is 2.76 bits per heavy atom. The number of nitrogen functional groups attached to an aromatic ring is 1. The standard InChI is InChI=1S/C11H10BrN3O2/c1-16-7-2-3-9(8(12)6-7)17-11-14-5-4-10(13)15-11/h2-6H,1H3,(H2,13,14,15). The molecule has 0 fully saturated rings. The van der Waals surface area contributed by atoms with Crippen molar-refractivity contribution >= 4 is 21.7 Å². The lowest BCUT2D eigenvalue weighted by Crippen LogP contribution is -1.96. The molecule has 0 saturated heterocycles. The van der Waals surface area contributed by atoms with E-state index in [2.05, 4.69) is 25.9 Å². The molecule has 0 aliphatic heterocycles. The van der Waals surface area contributed by atoms with E-state index in [1.54, 1.807) is 31.4 Å². The topological polar surface area (TPSA) is 70.3 Å². The van der Waals surface area contributed by atoms with E-state index in [9.17, 15) is 0 Å². The number of nitrogens with two attached hydrogens (primary N) is 1. The highest BCUT2D eigenvalue weighted by Gasteiger charge is 2.06. The van der Waals surface area contributed by atoms with Gasteiger partial charge in [0.1, 0.15) is 17.3 Å². The smallest absolute Gasteiger partial charge is 0.323 e. The fourth-order valence-corrected chi connectivity index (χ4v) is 1.63. The predicted octanol–water partition coefficient (Wildman–Crippen LogP) is 2.62. The third-order valence-corrected chi connectivity index (χ3v) is 2.62. The first-order chi connectivity index (χ1) is 8.19. The number of nitrogens with zero attached hydrogens (tertiary/aromatic N) is 2. The molecule has 5 nitrogen and oxygen atoms in total. The van der Waals surface area contributed by atoms with Gasteiger partial charge in [-0.1, -0.05) is 0 Å². The highest BCUT2D eigenvalue weighted by molar-refractivity contribution is 9.10. The fraction of sp³-hybridized carbons (Fsp3) is 0.0909. The van der Waals surface area contributed by atoms with Crippen LogP contribution in [0.2, 0.25) is 0 Å². The van der Waals surface area contributed by atoms with Gasteiger partial charge < -0.3 is 15.2 Å². The van der Waals surface area contributed by atoms with E-state index in [0.717, 1.165) is 10.2 Å². The summed E-state index contributed by atoms with van der Waals surface area (Å²) in [6, 6.07) is 7.13. The van der Waals surface area contributed by atoms with Gasteiger partial charge in [0.15, 0.2) is 0 Å². The van der Waals surface area contributed by atoms with Gasteiger partial charge in [-0.15, -0.1) is 0 Å². The lowest BCUT2D eigenvalue weighted by molar-refractivity contribution is 0.409. The molecular formula is C11H10BrN3O2. The number of anilines is 1. The maximum absolute atomic E-state index is 5.53. The van der Waals surface area contributed by atoms with Crippen molar-refractivity contribution in [3.05, 3.63) is 34.9 Å². The highest BCUT2D eigenvalue weighted by atomic mass is 79.9. The minimum Gasteiger partial charge on any atom is -0.497 e. The number of methoxy groups -OCH3 is 1. The second-order valence-corrected chi connectivity index (χ2v) is 4.02. The van der Waals surface area contributed by atoms with Crippen LogP contribution in [0.15, 0.2) is 34.9 Å². The molecule has 0 saturated carbocycles. The monoisotopic (exact) mass is 295 g/mol. The van der Waals surface area contributed by atoms with Crippen molar-refractivity contribution in [3.8, 4) is 17.5 Å². The van der Waals surface area contributed by atoms with Crippen molar-refractivity contribution in [2.75, 3.05) is 12.8 Å². The maximum Gasteiger partial charge on any atom is 0.323 e. The number of rotatable bonds is 3. The number of aromatic nitrogens is 2. The van der Waals surface area contributed by atoms with E-state index in [1.165, 1.54) is 6.20 Å². The maximum atomic E-state index is 5.53. The van der Waals surface area contributed by atoms with E-state index in [-0.39, 0.29) is 6.01 Å².